The van der Waals surface area contributed by atoms with E-state index in [1.54, 1.807) is 12.1 Å². The van der Waals surface area contributed by atoms with E-state index in [1.165, 1.54) is 17.0 Å². The lowest BCUT2D eigenvalue weighted by molar-refractivity contribution is -0.384. The molecule has 1 fully saturated rings. The maximum absolute atomic E-state index is 10.9. The van der Waals surface area contributed by atoms with Crippen molar-refractivity contribution >= 4 is 11.8 Å². The standard InChI is InChI=1S/C14H15N3O4/c15-10-14(4-6-16(7-5-14)13(18)19)9-11-2-1-3-12(8-11)17(20)21/h1-3,8H,4-7,9H2,(H,18,19). The fourth-order valence-corrected chi connectivity index (χ4v) is 2.62. The van der Waals surface area contributed by atoms with Crippen LogP contribution in [-0.2, 0) is 6.42 Å². The molecule has 1 heterocycles. The van der Waals surface area contributed by atoms with Crippen LogP contribution in [0, 0.1) is 26.9 Å². The Labute approximate surface area is 121 Å². The Balaban J connectivity index is 2.13. The Morgan fingerprint density at radius 1 is 1.48 bits per heavy atom. The number of hydrogen-bond donors (Lipinski definition) is 1. The van der Waals surface area contributed by atoms with Crippen LogP contribution in [0.1, 0.15) is 18.4 Å². The molecule has 0 bridgehead atoms. The first kappa shape index (κ1) is 14.8. The molecule has 7 heteroatoms. The van der Waals surface area contributed by atoms with Crippen molar-refractivity contribution in [1.29, 1.82) is 5.26 Å². The number of hydrogen-bond acceptors (Lipinski definition) is 4. The molecule has 0 spiro atoms. The van der Waals surface area contributed by atoms with Crippen molar-refractivity contribution in [3.63, 3.8) is 0 Å². The quantitative estimate of drug-likeness (QED) is 0.679. The molecule has 2 rings (SSSR count). The summed E-state index contributed by atoms with van der Waals surface area (Å²) in [6, 6.07) is 8.53. The monoisotopic (exact) mass is 289 g/mol. The minimum absolute atomic E-state index is 0.00330. The second-order valence-electron chi connectivity index (χ2n) is 5.27. The second-order valence-corrected chi connectivity index (χ2v) is 5.27. The number of nitro groups is 1. The molecule has 1 aromatic rings. The summed E-state index contributed by atoms with van der Waals surface area (Å²) in [5.41, 5.74) is 0.0827. The van der Waals surface area contributed by atoms with Gasteiger partial charge in [-0.25, -0.2) is 4.79 Å². The number of likely N-dealkylation sites (tertiary alicyclic amines) is 1. The number of nitrogens with zero attached hydrogens (tertiary/aromatic N) is 3. The molecule has 1 saturated heterocycles. The van der Waals surface area contributed by atoms with Gasteiger partial charge in [0.1, 0.15) is 0 Å². The highest BCUT2D eigenvalue weighted by molar-refractivity contribution is 5.65. The minimum Gasteiger partial charge on any atom is -0.465 e. The van der Waals surface area contributed by atoms with Gasteiger partial charge < -0.3 is 10.0 Å². The molecule has 1 aliphatic heterocycles. The van der Waals surface area contributed by atoms with E-state index in [1.807, 2.05) is 0 Å². The summed E-state index contributed by atoms with van der Waals surface area (Å²) in [7, 11) is 0. The van der Waals surface area contributed by atoms with Gasteiger partial charge in [-0.1, -0.05) is 12.1 Å². The number of rotatable bonds is 3. The molecule has 0 atom stereocenters. The van der Waals surface area contributed by atoms with E-state index in [9.17, 15) is 20.2 Å². The van der Waals surface area contributed by atoms with Crippen molar-refractivity contribution in [2.45, 2.75) is 19.3 Å². The number of amides is 1. The summed E-state index contributed by atoms with van der Waals surface area (Å²) in [4.78, 5) is 22.5. The number of carboxylic acid groups (broad SMARTS) is 1. The summed E-state index contributed by atoms with van der Waals surface area (Å²) in [6.45, 7) is 0.635. The molecular weight excluding hydrogens is 274 g/mol. The largest absolute Gasteiger partial charge is 0.465 e. The third kappa shape index (κ3) is 3.28. The number of nitriles is 1. The molecule has 110 valence electrons. The first-order chi connectivity index (χ1) is 9.96. The number of non-ortho nitro benzene ring substituents is 1. The van der Waals surface area contributed by atoms with Crippen LogP contribution >= 0.6 is 0 Å². The number of piperidine rings is 1. The Kier molecular flexibility index (Phi) is 4.08. The topological polar surface area (TPSA) is 107 Å². The Morgan fingerprint density at radius 2 is 2.14 bits per heavy atom. The lowest BCUT2D eigenvalue weighted by Crippen LogP contribution is -2.42. The van der Waals surface area contributed by atoms with E-state index in [4.69, 9.17) is 5.11 Å². The van der Waals surface area contributed by atoms with Crippen molar-refractivity contribution in [2.75, 3.05) is 13.1 Å². The van der Waals surface area contributed by atoms with Crippen LogP contribution in [0.15, 0.2) is 24.3 Å². The van der Waals surface area contributed by atoms with Crippen molar-refractivity contribution < 1.29 is 14.8 Å². The van der Waals surface area contributed by atoms with Crippen LogP contribution < -0.4 is 0 Å². The average molecular weight is 289 g/mol. The van der Waals surface area contributed by atoms with Crippen LogP contribution in [-0.4, -0.2) is 34.1 Å². The Hall–Kier alpha value is -2.62. The molecule has 7 nitrogen and oxygen atoms in total. The summed E-state index contributed by atoms with van der Waals surface area (Å²) < 4.78 is 0. The van der Waals surface area contributed by atoms with Gasteiger partial charge in [0.15, 0.2) is 0 Å². The smallest absolute Gasteiger partial charge is 0.407 e. The predicted octanol–water partition coefficient (Wildman–Crippen LogP) is 2.42. The van der Waals surface area contributed by atoms with Gasteiger partial charge in [-0.15, -0.1) is 0 Å². The molecule has 1 amide bonds. The van der Waals surface area contributed by atoms with E-state index in [0.717, 1.165) is 5.56 Å². The fourth-order valence-electron chi connectivity index (χ4n) is 2.62. The highest BCUT2D eigenvalue weighted by atomic mass is 16.6. The van der Waals surface area contributed by atoms with Crippen LogP contribution in [0.3, 0.4) is 0 Å². The fraction of sp³-hybridized carbons (Fsp3) is 0.429. The molecule has 1 aromatic carbocycles. The third-order valence-electron chi connectivity index (χ3n) is 3.89. The lowest BCUT2D eigenvalue weighted by Gasteiger charge is -2.36. The second kappa shape index (κ2) is 5.79. The molecule has 1 aliphatic rings. The van der Waals surface area contributed by atoms with Gasteiger partial charge in [-0.3, -0.25) is 10.1 Å². The van der Waals surface area contributed by atoms with E-state index < -0.39 is 16.4 Å². The summed E-state index contributed by atoms with van der Waals surface area (Å²) in [6.07, 6.45) is 0.312. The molecule has 0 saturated carbocycles. The van der Waals surface area contributed by atoms with Gasteiger partial charge in [0.05, 0.1) is 16.4 Å². The third-order valence-corrected chi connectivity index (χ3v) is 3.89. The number of nitro benzene ring substituents is 1. The molecular formula is C14H15N3O4. The summed E-state index contributed by atoms with van der Waals surface area (Å²) >= 11 is 0. The normalized spacial score (nSPS) is 17.0. The van der Waals surface area contributed by atoms with Gasteiger partial charge in [0.2, 0.25) is 0 Å². The van der Waals surface area contributed by atoms with Crippen molar-refractivity contribution in [2.24, 2.45) is 5.41 Å². The molecule has 0 aliphatic carbocycles. The van der Waals surface area contributed by atoms with Gasteiger partial charge in [-0.05, 0) is 24.8 Å². The Bertz CT molecular complexity index is 600. The van der Waals surface area contributed by atoms with Gasteiger partial charge in [0.25, 0.3) is 5.69 Å². The van der Waals surface area contributed by atoms with E-state index in [2.05, 4.69) is 6.07 Å². The molecule has 1 N–H and O–H groups in total. The van der Waals surface area contributed by atoms with E-state index >= 15 is 0 Å². The van der Waals surface area contributed by atoms with Crippen molar-refractivity contribution in [3.8, 4) is 6.07 Å². The minimum atomic E-state index is -0.975. The Morgan fingerprint density at radius 3 is 2.67 bits per heavy atom. The maximum Gasteiger partial charge on any atom is 0.407 e. The average Bonchev–Trinajstić information content (AvgIpc) is 2.48. The maximum atomic E-state index is 10.9. The van der Waals surface area contributed by atoms with Crippen molar-refractivity contribution in [1.82, 2.24) is 4.90 Å². The first-order valence-corrected chi connectivity index (χ1v) is 6.58. The zero-order valence-corrected chi connectivity index (χ0v) is 11.4. The molecule has 21 heavy (non-hydrogen) atoms. The van der Waals surface area contributed by atoms with Crippen LogP contribution in [0.4, 0.5) is 10.5 Å². The number of benzene rings is 1. The van der Waals surface area contributed by atoms with Crippen molar-refractivity contribution in [3.05, 3.63) is 39.9 Å². The number of carbonyl (C=O) groups is 1. The summed E-state index contributed by atoms with van der Waals surface area (Å²) in [5, 5.41) is 29.2. The van der Waals surface area contributed by atoms with Gasteiger partial charge >= 0.3 is 6.09 Å². The van der Waals surface area contributed by atoms with Crippen LogP contribution in [0.2, 0.25) is 0 Å². The van der Waals surface area contributed by atoms with Gasteiger partial charge in [0, 0.05) is 25.2 Å². The highest BCUT2D eigenvalue weighted by Gasteiger charge is 2.36. The lowest BCUT2D eigenvalue weighted by atomic mass is 9.75. The zero-order chi connectivity index (χ0) is 15.5. The van der Waals surface area contributed by atoms with E-state index in [0.29, 0.717) is 32.4 Å². The van der Waals surface area contributed by atoms with E-state index in [-0.39, 0.29) is 5.69 Å². The van der Waals surface area contributed by atoms with Crippen LogP contribution in [0.25, 0.3) is 0 Å². The SMILES string of the molecule is N#CC1(Cc2cccc([N+](=O)[O-])c2)CCN(C(=O)O)CC1. The zero-order valence-electron chi connectivity index (χ0n) is 11.4. The summed E-state index contributed by atoms with van der Waals surface area (Å²) in [5.74, 6) is 0. The highest BCUT2D eigenvalue weighted by Crippen LogP contribution is 2.35. The van der Waals surface area contributed by atoms with Gasteiger partial charge in [-0.2, -0.15) is 5.26 Å². The predicted molar refractivity (Wildman–Crippen MR) is 73.7 cm³/mol. The molecule has 0 aromatic heterocycles. The first-order valence-electron chi connectivity index (χ1n) is 6.58. The molecule has 0 unspecified atom stereocenters. The molecule has 0 radical (unpaired) electrons. The van der Waals surface area contributed by atoms with Crippen LogP contribution in [0.5, 0.6) is 0 Å².